The highest BCUT2D eigenvalue weighted by molar-refractivity contribution is 4.93. The van der Waals surface area contributed by atoms with Crippen molar-refractivity contribution in [2.45, 2.75) is 50.2 Å². The molecule has 0 aromatic heterocycles. The van der Waals surface area contributed by atoms with Gasteiger partial charge in [0.15, 0.2) is 0 Å². The Morgan fingerprint density at radius 2 is 2.08 bits per heavy atom. The Morgan fingerprint density at radius 1 is 1.33 bits per heavy atom. The van der Waals surface area contributed by atoms with Crippen molar-refractivity contribution >= 4 is 0 Å². The molecule has 0 aromatic carbocycles. The van der Waals surface area contributed by atoms with E-state index in [0.29, 0.717) is 0 Å². The summed E-state index contributed by atoms with van der Waals surface area (Å²) in [6, 6.07) is 0.803. The van der Waals surface area contributed by atoms with Crippen LogP contribution in [0.1, 0.15) is 38.5 Å². The van der Waals surface area contributed by atoms with Gasteiger partial charge in [0.25, 0.3) is 0 Å². The van der Waals surface area contributed by atoms with Gasteiger partial charge in [-0.3, -0.25) is 0 Å². The number of nitrogens with one attached hydrogen (secondary N) is 1. The molecule has 2 nitrogen and oxygen atoms in total. The van der Waals surface area contributed by atoms with E-state index in [1.807, 2.05) is 7.11 Å². The Balaban J connectivity index is 1.69. The molecule has 0 amide bonds. The Kier molecular flexibility index (Phi) is 2.37. The van der Waals surface area contributed by atoms with Gasteiger partial charge in [-0.2, -0.15) is 0 Å². The third kappa shape index (κ3) is 1.50. The molecule has 2 saturated carbocycles. The van der Waals surface area contributed by atoms with Crippen LogP contribution in [0.3, 0.4) is 0 Å². The van der Waals surface area contributed by atoms with Gasteiger partial charge in [-0.1, -0.05) is 6.42 Å². The molecule has 2 rings (SSSR count). The van der Waals surface area contributed by atoms with Crippen molar-refractivity contribution < 1.29 is 4.74 Å². The number of hydrogen-bond donors (Lipinski definition) is 1. The summed E-state index contributed by atoms with van der Waals surface area (Å²) in [5, 5.41) is 3.59. The van der Waals surface area contributed by atoms with Crippen molar-refractivity contribution in [2.75, 3.05) is 13.7 Å². The summed E-state index contributed by atoms with van der Waals surface area (Å²) < 4.78 is 5.53. The van der Waals surface area contributed by atoms with Crippen molar-refractivity contribution in [1.82, 2.24) is 5.32 Å². The van der Waals surface area contributed by atoms with Gasteiger partial charge in [0.05, 0.1) is 5.60 Å². The lowest BCUT2D eigenvalue weighted by molar-refractivity contribution is -0.0720. The van der Waals surface area contributed by atoms with Crippen molar-refractivity contribution in [3.05, 3.63) is 0 Å². The van der Waals surface area contributed by atoms with Gasteiger partial charge >= 0.3 is 0 Å². The quantitative estimate of drug-likeness (QED) is 0.691. The summed E-state index contributed by atoms with van der Waals surface area (Å²) in [6.07, 6.45) is 8.02. The lowest BCUT2D eigenvalue weighted by atomic mass is 9.79. The largest absolute Gasteiger partial charge is 0.377 e. The first kappa shape index (κ1) is 8.52. The standard InChI is InChI=1S/C10H19NO/c1-12-10(6-3-7-10)8-11-9-4-2-5-9/h9,11H,2-8H2,1H3. The molecule has 0 heterocycles. The van der Waals surface area contributed by atoms with Gasteiger partial charge in [0.2, 0.25) is 0 Å². The first-order valence-corrected chi connectivity index (χ1v) is 5.13. The molecule has 0 spiro atoms. The van der Waals surface area contributed by atoms with Gasteiger partial charge < -0.3 is 10.1 Å². The van der Waals surface area contributed by atoms with E-state index in [1.54, 1.807) is 0 Å². The molecule has 0 atom stereocenters. The summed E-state index contributed by atoms with van der Waals surface area (Å²) in [6.45, 7) is 1.08. The van der Waals surface area contributed by atoms with E-state index in [0.717, 1.165) is 12.6 Å². The van der Waals surface area contributed by atoms with Crippen molar-refractivity contribution in [1.29, 1.82) is 0 Å². The minimum Gasteiger partial charge on any atom is -0.377 e. The maximum atomic E-state index is 5.53. The van der Waals surface area contributed by atoms with Gasteiger partial charge in [-0.15, -0.1) is 0 Å². The van der Waals surface area contributed by atoms with Gasteiger partial charge in [0.1, 0.15) is 0 Å². The zero-order valence-electron chi connectivity index (χ0n) is 7.94. The Hall–Kier alpha value is -0.0800. The third-order valence-corrected chi connectivity index (χ3v) is 3.52. The molecule has 12 heavy (non-hydrogen) atoms. The van der Waals surface area contributed by atoms with E-state index in [-0.39, 0.29) is 5.60 Å². The van der Waals surface area contributed by atoms with E-state index in [4.69, 9.17) is 4.74 Å². The highest BCUT2D eigenvalue weighted by atomic mass is 16.5. The summed E-state index contributed by atoms with van der Waals surface area (Å²) in [7, 11) is 1.85. The molecular formula is C10H19NO. The van der Waals surface area contributed by atoms with Crippen molar-refractivity contribution in [3.8, 4) is 0 Å². The monoisotopic (exact) mass is 169 g/mol. The van der Waals surface area contributed by atoms with E-state index >= 15 is 0 Å². The molecule has 0 bridgehead atoms. The van der Waals surface area contributed by atoms with Crippen LogP contribution in [0.2, 0.25) is 0 Å². The minimum atomic E-state index is 0.218. The van der Waals surface area contributed by atoms with Crippen molar-refractivity contribution in [2.24, 2.45) is 0 Å². The van der Waals surface area contributed by atoms with E-state index in [2.05, 4.69) is 5.32 Å². The Bertz CT molecular complexity index is 144. The van der Waals surface area contributed by atoms with Crippen LogP contribution in [0, 0.1) is 0 Å². The number of rotatable bonds is 4. The second kappa shape index (κ2) is 3.35. The minimum absolute atomic E-state index is 0.218. The molecule has 0 aliphatic heterocycles. The van der Waals surface area contributed by atoms with E-state index < -0.39 is 0 Å². The zero-order valence-corrected chi connectivity index (χ0v) is 7.94. The maximum Gasteiger partial charge on any atom is 0.0802 e. The fraction of sp³-hybridized carbons (Fsp3) is 1.00. The molecule has 2 aliphatic rings. The SMILES string of the molecule is COC1(CNC2CCC2)CCC1. The Morgan fingerprint density at radius 3 is 2.42 bits per heavy atom. The second-order valence-corrected chi connectivity index (χ2v) is 4.25. The van der Waals surface area contributed by atoms with Crippen LogP contribution in [-0.4, -0.2) is 25.3 Å². The average molecular weight is 169 g/mol. The lowest BCUT2D eigenvalue weighted by Crippen LogP contribution is -2.51. The summed E-state index contributed by atoms with van der Waals surface area (Å²) in [5.41, 5.74) is 0.218. The third-order valence-electron chi connectivity index (χ3n) is 3.52. The van der Waals surface area contributed by atoms with Crippen LogP contribution >= 0.6 is 0 Å². The van der Waals surface area contributed by atoms with Crippen LogP contribution in [0.4, 0.5) is 0 Å². The number of hydrogen-bond acceptors (Lipinski definition) is 2. The summed E-state index contributed by atoms with van der Waals surface area (Å²) >= 11 is 0. The second-order valence-electron chi connectivity index (χ2n) is 4.25. The molecule has 0 radical (unpaired) electrons. The topological polar surface area (TPSA) is 21.3 Å². The predicted molar refractivity (Wildman–Crippen MR) is 49.2 cm³/mol. The van der Waals surface area contributed by atoms with Gasteiger partial charge in [-0.25, -0.2) is 0 Å². The average Bonchev–Trinajstić information content (AvgIpc) is 1.91. The zero-order chi connectivity index (χ0) is 8.44. The molecule has 2 fully saturated rings. The van der Waals surface area contributed by atoms with Crippen LogP contribution in [0.25, 0.3) is 0 Å². The summed E-state index contributed by atoms with van der Waals surface area (Å²) in [4.78, 5) is 0. The van der Waals surface area contributed by atoms with Gasteiger partial charge in [0, 0.05) is 19.7 Å². The molecule has 0 aromatic rings. The highest BCUT2D eigenvalue weighted by Crippen LogP contribution is 2.34. The van der Waals surface area contributed by atoms with Crippen molar-refractivity contribution in [3.63, 3.8) is 0 Å². The molecule has 0 unspecified atom stereocenters. The van der Waals surface area contributed by atoms with Gasteiger partial charge in [-0.05, 0) is 32.1 Å². The summed E-state index contributed by atoms with van der Waals surface area (Å²) in [5.74, 6) is 0. The van der Waals surface area contributed by atoms with Crippen LogP contribution in [0.5, 0.6) is 0 Å². The van der Waals surface area contributed by atoms with Crippen LogP contribution in [-0.2, 0) is 4.74 Å². The van der Waals surface area contributed by atoms with Crippen LogP contribution < -0.4 is 5.32 Å². The normalized spacial score (nSPS) is 27.8. The maximum absolute atomic E-state index is 5.53. The molecule has 2 heteroatoms. The van der Waals surface area contributed by atoms with E-state index in [9.17, 15) is 0 Å². The number of ether oxygens (including phenoxy) is 1. The predicted octanol–water partition coefficient (Wildman–Crippen LogP) is 1.70. The highest BCUT2D eigenvalue weighted by Gasteiger charge is 2.37. The molecule has 0 saturated heterocycles. The fourth-order valence-electron chi connectivity index (χ4n) is 1.97. The molecule has 2 aliphatic carbocycles. The fourth-order valence-corrected chi connectivity index (χ4v) is 1.97. The molecule has 70 valence electrons. The number of methoxy groups -OCH3 is 1. The van der Waals surface area contributed by atoms with Crippen LogP contribution in [0.15, 0.2) is 0 Å². The smallest absolute Gasteiger partial charge is 0.0802 e. The first-order valence-electron chi connectivity index (χ1n) is 5.13. The van der Waals surface area contributed by atoms with E-state index in [1.165, 1.54) is 38.5 Å². The molecular weight excluding hydrogens is 150 g/mol. The Labute approximate surface area is 74.7 Å². The lowest BCUT2D eigenvalue weighted by Gasteiger charge is -2.42. The first-order chi connectivity index (χ1) is 5.85. The molecule has 1 N–H and O–H groups in total.